The summed E-state index contributed by atoms with van der Waals surface area (Å²) >= 11 is 0. The molecule has 0 aromatic heterocycles. The first-order chi connectivity index (χ1) is 9.22. The van der Waals surface area contributed by atoms with Gasteiger partial charge in [-0.05, 0) is 31.9 Å². The van der Waals surface area contributed by atoms with Crippen molar-refractivity contribution in [2.24, 2.45) is 0 Å². The fourth-order valence-corrected chi connectivity index (χ4v) is 3.96. The first-order valence-electron chi connectivity index (χ1n) is 6.84. The molecule has 104 valence electrons. The van der Waals surface area contributed by atoms with E-state index in [0.717, 1.165) is 25.7 Å². The number of benzene rings is 1. The third-order valence-electron chi connectivity index (χ3n) is 3.43. The predicted octanol–water partition coefficient (Wildman–Crippen LogP) is 2.96. The lowest BCUT2D eigenvalue weighted by molar-refractivity contribution is 0.101. The zero-order valence-electron chi connectivity index (χ0n) is 11.3. The smallest absolute Gasteiger partial charge is 0.179 e. The average molecular weight is 280 g/mol. The van der Waals surface area contributed by atoms with Gasteiger partial charge in [0.25, 0.3) is 0 Å². The van der Waals surface area contributed by atoms with Crippen LogP contribution in [0.1, 0.15) is 43.0 Å². The molecule has 0 spiro atoms. The Balaban J connectivity index is 2.04. The summed E-state index contributed by atoms with van der Waals surface area (Å²) in [5, 5.41) is 0.211. The molecule has 0 amide bonds. The van der Waals surface area contributed by atoms with Gasteiger partial charge in [-0.3, -0.25) is 9.00 Å². The molecule has 0 aliphatic heterocycles. The van der Waals surface area contributed by atoms with Crippen molar-refractivity contribution in [2.45, 2.75) is 37.9 Å². The summed E-state index contributed by atoms with van der Waals surface area (Å²) in [5.41, 5.74) is 0.552. The minimum absolute atomic E-state index is 0.0747. The van der Waals surface area contributed by atoms with Crippen molar-refractivity contribution >= 4 is 16.6 Å². The predicted molar refractivity (Wildman–Crippen MR) is 77.2 cm³/mol. The van der Waals surface area contributed by atoms with E-state index in [4.69, 9.17) is 4.74 Å². The van der Waals surface area contributed by atoms with Crippen LogP contribution < -0.4 is 4.74 Å². The molecule has 0 bridgehead atoms. The van der Waals surface area contributed by atoms with Crippen molar-refractivity contribution in [1.29, 1.82) is 0 Å². The number of ether oxygens (including phenoxy) is 1. The SMILES string of the molecule is CCOc1ccccc1C(=O)CS(=O)C1CCCC1. The maximum absolute atomic E-state index is 12.2. The second kappa shape index (κ2) is 6.85. The van der Waals surface area contributed by atoms with Crippen LogP contribution in [0.25, 0.3) is 0 Å². The van der Waals surface area contributed by atoms with Gasteiger partial charge < -0.3 is 4.74 Å². The number of rotatable bonds is 6. The average Bonchev–Trinajstić information content (AvgIpc) is 2.93. The van der Waals surface area contributed by atoms with E-state index in [1.54, 1.807) is 12.1 Å². The molecule has 0 saturated heterocycles. The molecule has 2 rings (SSSR count). The van der Waals surface area contributed by atoms with E-state index < -0.39 is 10.8 Å². The molecular formula is C15H20O3S. The zero-order chi connectivity index (χ0) is 13.7. The Morgan fingerprint density at radius 1 is 1.32 bits per heavy atom. The quantitative estimate of drug-likeness (QED) is 0.752. The summed E-state index contributed by atoms with van der Waals surface area (Å²) in [6.07, 6.45) is 4.26. The van der Waals surface area contributed by atoms with Crippen molar-refractivity contribution in [3.8, 4) is 5.75 Å². The summed E-state index contributed by atoms with van der Waals surface area (Å²) in [7, 11) is -1.04. The van der Waals surface area contributed by atoms with E-state index in [-0.39, 0.29) is 16.8 Å². The molecule has 1 aliphatic carbocycles. The molecule has 0 N–H and O–H groups in total. The Kier molecular flexibility index (Phi) is 5.14. The van der Waals surface area contributed by atoms with Crippen LogP contribution in [0.3, 0.4) is 0 Å². The van der Waals surface area contributed by atoms with Crippen molar-refractivity contribution in [3.63, 3.8) is 0 Å². The van der Waals surface area contributed by atoms with Crippen LogP contribution in [-0.2, 0) is 10.8 Å². The highest BCUT2D eigenvalue weighted by atomic mass is 32.2. The monoisotopic (exact) mass is 280 g/mol. The summed E-state index contributed by atoms with van der Waals surface area (Å²) in [6, 6.07) is 7.19. The van der Waals surface area contributed by atoms with Gasteiger partial charge in [-0.2, -0.15) is 0 Å². The Bertz CT molecular complexity index is 464. The number of ketones is 1. The number of carbonyl (C=O) groups is 1. The lowest BCUT2D eigenvalue weighted by atomic mass is 10.1. The van der Waals surface area contributed by atoms with E-state index in [0.29, 0.717) is 17.9 Å². The summed E-state index contributed by atoms with van der Waals surface area (Å²) < 4.78 is 17.6. The van der Waals surface area contributed by atoms with Gasteiger partial charge in [-0.25, -0.2) is 0 Å². The van der Waals surface area contributed by atoms with Crippen molar-refractivity contribution < 1.29 is 13.7 Å². The van der Waals surface area contributed by atoms with Gasteiger partial charge in [-0.15, -0.1) is 0 Å². The summed E-state index contributed by atoms with van der Waals surface area (Å²) in [4.78, 5) is 12.2. The Labute approximate surface area is 116 Å². The van der Waals surface area contributed by atoms with Crippen LogP contribution in [0.5, 0.6) is 5.75 Å². The van der Waals surface area contributed by atoms with E-state index in [9.17, 15) is 9.00 Å². The molecule has 1 atom stereocenters. The van der Waals surface area contributed by atoms with Crippen LogP contribution in [0.2, 0.25) is 0 Å². The van der Waals surface area contributed by atoms with Crippen molar-refractivity contribution in [3.05, 3.63) is 29.8 Å². The van der Waals surface area contributed by atoms with Crippen LogP contribution >= 0.6 is 0 Å². The van der Waals surface area contributed by atoms with Gasteiger partial charge in [0.2, 0.25) is 0 Å². The highest BCUT2D eigenvalue weighted by Gasteiger charge is 2.24. The molecule has 1 aromatic rings. The zero-order valence-corrected chi connectivity index (χ0v) is 12.1. The number of Topliss-reactive ketones (excluding diaryl/α,β-unsaturated/α-hetero) is 1. The topological polar surface area (TPSA) is 43.4 Å². The Morgan fingerprint density at radius 2 is 2.00 bits per heavy atom. The third kappa shape index (κ3) is 3.66. The summed E-state index contributed by atoms with van der Waals surface area (Å²) in [6.45, 7) is 2.41. The van der Waals surface area contributed by atoms with Gasteiger partial charge in [-0.1, -0.05) is 25.0 Å². The fraction of sp³-hybridized carbons (Fsp3) is 0.533. The molecule has 1 saturated carbocycles. The van der Waals surface area contributed by atoms with Gasteiger partial charge in [0, 0.05) is 16.0 Å². The van der Waals surface area contributed by atoms with Gasteiger partial charge >= 0.3 is 0 Å². The molecule has 19 heavy (non-hydrogen) atoms. The van der Waals surface area contributed by atoms with Gasteiger partial charge in [0.05, 0.1) is 17.9 Å². The Morgan fingerprint density at radius 3 is 2.68 bits per heavy atom. The van der Waals surface area contributed by atoms with Crippen molar-refractivity contribution in [2.75, 3.05) is 12.4 Å². The minimum Gasteiger partial charge on any atom is -0.493 e. The largest absolute Gasteiger partial charge is 0.493 e. The molecular weight excluding hydrogens is 260 g/mol. The van der Waals surface area contributed by atoms with Crippen LogP contribution in [-0.4, -0.2) is 27.6 Å². The number of hydrogen-bond acceptors (Lipinski definition) is 3. The maximum Gasteiger partial charge on any atom is 0.179 e. The summed E-state index contributed by atoms with van der Waals surface area (Å²) in [5.74, 6) is 0.641. The van der Waals surface area contributed by atoms with E-state index in [1.165, 1.54) is 0 Å². The molecule has 0 radical (unpaired) electrons. The van der Waals surface area contributed by atoms with Crippen LogP contribution in [0.4, 0.5) is 0 Å². The minimum atomic E-state index is -1.04. The lowest BCUT2D eigenvalue weighted by Gasteiger charge is -2.11. The highest BCUT2D eigenvalue weighted by Crippen LogP contribution is 2.24. The second-order valence-electron chi connectivity index (χ2n) is 4.78. The molecule has 0 heterocycles. The normalized spacial score (nSPS) is 17.3. The van der Waals surface area contributed by atoms with E-state index in [1.807, 2.05) is 19.1 Å². The molecule has 4 heteroatoms. The Hall–Kier alpha value is -1.16. The molecule has 1 aliphatic rings. The maximum atomic E-state index is 12.2. The molecule has 1 aromatic carbocycles. The number of carbonyl (C=O) groups excluding carboxylic acids is 1. The third-order valence-corrected chi connectivity index (χ3v) is 5.20. The lowest BCUT2D eigenvalue weighted by Crippen LogP contribution is -2.20. The van der Waals surface area contributed by atoms with Gasteiger partial charge in [0.1, 0.15) is 5.75 Å². The molecule has 3 nitrogen and oxygen atoms in total. The first-order valence-corrected chi connectivity index (χ1v) is 8.22. The van der Waals surface area contributed by atoms with Gasteiger partial charge in [0.15, 0.2) is 5.78 Å². The fourth-order valence-electron chi connectivity index (χ4n) is 2.45. The highest BCUT2D eigenvalue weighted by molar-refractivity contribution is 7.86. The first kappa shape index (κ1) is 14.3. The molecule has 1 fully saturated rings. The second-order valence-corrected chi connectivity index (χ2v) is 6.50. The van der Waals surface area contributed by atoms with Crippen LogP contribution in [0, 0.1) is 0 Å². The van der Waals surface area contributed by atoms with Crippen molar-refractivity contribution in [1.82, 2.24) is 0 Å². The number of hydrogen-bond donors (Lipinski definition) is 0. The number of para-hydroxylation sites is 1. The standard InChI is InChI=1S/C15H20O3S/c1-2-18-15-10-6-5-9-13(15)14(16)11-19(17)12-7-3-4-8-12/h5-6,9-10,12H,2-4,7-8,11H2,1H3. The molecule has 1 unspecified atom stereocenters. The van der Waals surface area contributed by atoms with E-state index in [2.05, 4.69) is 0 Å². The van der Waals surface area contributed by atoms with E-state index >= 15 is 0 Å². The van der Waals surface area contributed by atoms with Crippen LogP contribution in [0.15, 0.2) is 24.3 Å².